The molecule has 1 heterocycles. The van der Waals surface area contributed by atoms with E-state index in [1.807, 2.05) is 53.1 Å². The molecule has 10 heteroatoms. The lowest BCUT2D eigenvalue weighted by atomic mass is 10.0. The summed E-state index contributed by atoms with van der Waals surface area (Å²) in [6, 6.07) is 19.9. The van der Waals surface area contributed by atoms with Gasteiger partial charge < -0.3 is 10.1 Å². The van der Waals surface area contributed by atoms with E-state index in [9.17, 15) is 18.0 Å². The average molecular weight is 541 g/mol. The molecule has 1 amide bonds. The molecule has 1 unspecified atom stereocenters. The number of carbonyl (C=O) groups is 1. The number of alkyl halides is 3. The minimum Gasteiger partial charge on any atom is -0.497 e. The van der Waals surface area contributed by atoms with Crippen LogP contribution in [0.15, 0.2) is 78.0 Å². The van der Waals surface area contributed by atoms with Crippen LogP contribution < -0.4 is 10.1 Å². The summed E-state index contributed by atoms with van der Waals surface area (Å²) in [5.41, 5.74) is 2.01. The number of carbonyl (C=O) groups excluding carboxylic acids is 1. The fourth-order valence-corrected chi connectivity index (χ4v) is 4.76. The Kier molecular flexibility index (Phi) is 8.11. The van der Waals surface area contributed by atoms with Crippen LogP contribution in [0.1, 0.15) is 37.8 Å². The van der Waals surface area contributed by atoms with Crippen LogP contribution in [-0.2, 0) is 11.0 Å². The van der Waals surface area contributed by atoms with E-state index in [0.717, 1.165) is 28.9 Å². The zero-order chi connectivity index (χ0) is 27.4. The van der Waals surface area contributed by atoms with Crippen LogP contribution >= 0.6 is 11.8 Å². The van der Waals surface area contributed by atoms with Crippen LogP contribution in [-0.4, -0.2) is 33.0 Å². The number of aromatic nitrogens is 3. The van der Waals surface area contributed by atoms with Crippen LogP contribution in [0.3, 0.4) is 0 Å². The molecule has 1 N–H and O–H groups in total. The van der Waals surface area contributed by atoms with Gasteiger partial charge in [0.1, 0.15) is 5.75 Å². The molecule has 38 heavy (non-hydrogen) atoms. The van der Waals surface area contributed by atoms with Crippen LogP contribution in [0, 0.1) is 0 Å². The van der Waals surface area contributed by atoms with Crippen molar-refractivity contribution in [1.82, 2.24) is 14.8 Å². The van der Waals surface area contributed by atoms with Gasteiger partial charge in [-0.25, -0.2) is 0 Å². The third kappa shape index (κ3) is 6.02. The summed E-state index contributed by atoms with van der Waals surface area (Å²) in [4.78, 5) is 13.0. The topological polar surface area (TPSA) is 69.0 Å². The van der Waals surface area contributed by atoms with Gasteiger partial charge in [-0.2, -0.15) is 13.2 Å². The maximum atomic E-state index is 13.1. The lowest BCUT2D eigenvalue weighted by molar-refractivity contribution is -0.137. The van der Waals surface area contributed by atoms with Crippen molar-refractivity contribution in [1.29, 1.82) is 0 Å². The summed E-state index contributed by atoms with van der Waals surface area (Å²) < 4.78 is 46.5. The number of nitrogens with one attached hydrogen (secondary N) is 1. The van der Waals surface area contributed by atoms with Crippen LogP contribution in [0.2, 0.25) is 0 Å². The first-order valence-electron chi connectivity index (χ1n) is 11.9. The van der Waals surface area contributed by atoms with E-state index in [2.05, 4.69) is 29.4 Å². The normalized spacial score (nSPS) is 12.4. The standard InChI is InChI=1S/C28H27F3N4O2S/c1-17(2)23-10-5-6-11-24(23)35-25(19-12-14-22(37-4)15-13-19)33-34-27(35)38-18(3)26(36)32-21-9-7-8-20(16-21)28(29,30)31/h5-18H,1-4H3,(H,32,36). The molecule has 4 rings (SSSR count). The highest BCUT2D eigenvalue weighted by Crippen LogP contribution is 2.35. The summed E-state index contributed by atoms with van der Waals surface area (Å²) in [5, 5.41) is 11.2. The quantitative estimate of drug-likeness (QED) is 0.239. The number of nitrogens with zero attached hydrogens (tertiary/aromatic N) is 3. The second-order valence-electron chi connectivity index (χ2n) is 8.91. The van der Waals surface area contributed by atoms with Crippen LogP contribution in [0.25, 0.3) is 17.1 Å². The Morgan fingerprint density at radius 3 is 2.34 bits per heavy atom. The highest BCUT2D eigenvalue weighted by molar-refractivity contribution is 8.00. The molecule has 0 aliphatic heterocycles. The predicted octanol–water partition coefficient (Wildman–Crippen LogP) is 7.20. The molecule has 198 valence electrons. The van der Waals surface area contributed by atoms with E-state index in [1.54, 1.807) is 14.0 Å². The molecule has 4 aromatic rings. The third-order valence-electron chi connectivity index (χ3n) is 5.89. The minimum atomic E-state index is -4.50. The summed E-state index contributed by atoms with van der Waals surface area (Å²) in [6.07, 6.45) is -4.50. The number of benzene rings is 3. The highest BCUT2D eigenvalue weighted by Gasteiger charge is 2.31. The number of ether oxygens (including phenoxy) is 1. The summed E-state index contributed by atoms with van der Waals surface area (Å²) in [5.74, 6) is 1.05. The van der Waals surface area contributed by atoms with Gasteiger partial charge in [-0.3, -0.25) is 9.36 Å². The van der Waals surface area contributed by atoms with Crippen LogP contribution in [0.4, 0.5) is 18.9 Å². The van der Waals surface area contributed by atoms with Gasteiger partial charge in [-0.1, -0.05) is 49.9 Å². The Hall–Kier alpha value is -3.79. The van der Waals surface area contributed by atoms with E-state index in [4.69, 9.17) is 4.74 Å². The Balaban J connectivity index is 1.68. The molecule has 3 aromatic carbocycles. The smallest absolute Gasteiger partial charge is 0.416 e. The van der Waals surface area contributed by atoms with Gasteiger partial charge >= 0.3 is 6.18 Å². The zero-order valence-corrected chi connectivity index (χ0v) is 22.1. The zero-order valence-electron chi connectivity index (χ0n) is 21.3. The van der Waals surface area contributed by atoms with E-state index < -0.39 is 22.9 Å². The Morgan fingerprint density at radius 2 is 1.68 bits per heavy atom. The maximum absolute atomic E-state index is 13.1. The first-order chi connectivity index (χ1) is 18.1. The molecule has 0 aliphatic carbocycles. The number of anilines is 1. The van der Waals surface area contributed by atoms with Gasteiger partial charge in [0.25, 0.3) is 0 Å². The highest BCUT2D eigenvalue weighted by atomic mass is 32.2. The van der Waals surface area contributed by atoms with Gasteiger partial charge in [-0.05, 0) is 66.9 Å². The van der Waals surface area contributed by atoms with Crippen molar-refractivity contribution >= 4 is 23.4 Å². The van der Waals surface area contributed by atoms with Gasteiger partial charge in [0.05, 0.1) is 23.6 Å². The molecule has 1 aromatic heterocycles. The molecule has 0 saturated carbocycles. The summed E-state index contributed by atoms with van der Waals surface area (Å²) in [7, 11) is 1.59. The SMILES string of the molecule is COc1ccc(-c2nnc(SC(C)C(=O)Nc3cccc(C(F)(F)F)c3)n2-c2ccccc2C(C)C)cc1. The minimum absolute atomic E-state index is 0.0721. The lowest BCUT2D eigenvalue weighted by Crippen LogP contribution is -2.23. The molecule has 0 bridgehead atoms. The van der Waals surface area contributed by atoms with Gasteiger partial charge in [0.2, 0.25) is 5.91 Å². The molecule has 1 atom stereocenters. The maximum Gasteiger partial charge on any atom is 0.416 e. The number of rotatable bonds is 8. The van der Waals surface area contributed by atoms with Crippen molar-refractivity contribution in [3.8, 4) is 22.8 Å². The fourth-order valence-electron chi connectivity index (χ4n) is 3.90. The second-order valence-corrected chi connectivity index (χ2v) is 10.2. The van der Waals surface area contributed by atoms with Crippen molar-refractivity contribution in [3.63, 3.8) is 0 Å². The number of halogens is 3. The monoisotopic (exact) mass is 540 g/mol. The molecule has 0 saturated heterocycles. The molecule has 0 spiro atoms. The number of amides is 1. The van der Waals surface area contributed by atoms with E-state index in [-0.39, 0.29) is 11.6 Å². The predicted molar refractivity (Wildman–Crippen MR) is 143 cm³/mol. The number of para-hydroxylation sites is 1. The van der Waals surface area contributed by atoms with E-state index >= 15 is 0 Å². The van der Waals surface area contributed by atoms with Gasteiger partial charge in [0, 0.05) is 11.3 Å². The first kappa shape index (κ1) is 27.3. The van der Waals surface area contributed by atoms with Crippen molar-refractivity contribution in [2.45, 2.75) is 43.3 Å². The Morgan fingerprint density at radius 1 is 0.974 bits per heavy atom. The number of hydrogen-bond donors (Lipinski definition) is 1. The van der Waals surface area contributed by atoms with Gasteiger partial charge in [0.15, 0.2) is 11.0 Å². The fraction of sp³-hybridized carbons (Fsp3) is 0.250. The first-order valence-corrected chi connectivity index (χ1v) is 12.8. The summed E-state index contributed by atoms with van der Waals surface area (Å²) >= 11 is 1.18. The van der Waals surface area contributed by atoms with Crippen molar-refractivity contribution in [3.05, 3.63) is 83.9 Å². The Bertz CT molecular complexity index is 1420. The van der Waals surface area contributed by atoms with E-state index in [1.165, 1.54) is 23.9 Å². The molecule has 0 aliphatic rings. The van der Waals surface area contributed by atoms with Crippen molar-refractivity contribution in [2.75, 3.05) is 12.4 Å². The van der Waals surface area contributed by atoms with Crippen LogP contribution in [0.5, 0.6) is 5.75 Å². The molecule has 6 nitrogen and oxygen atoms in total. The largest absolute Gasteiger partial charge is 0.497 e. The molecular weight excluding hydrogens is 513 g/mol. The third-order valence-corrected chi connectivity index (χ3v) is 6.93. The van der Waals surface area contributed by atoms with Crippen molar-refractivity contribution in [2.24, 2.45) is 0 Å². The number of hydrogen-bond acceptors (Lipinski definition) is 5. The van der Waals surface area contributed by atoms with Crippen molar-refractivity contribution < 1.29 is 22.7 Å². The second kappa shape index (κ2) is 11.3. The Labute approximate surface area is 223 Å². The molecule has 0 radical (unpaired) electrons. The summed E-state index contributed by atoms with van der Waals surface area (Å²) in [6.45, 7) is 5.86. The van der Waals surface area contributed by atoms with E-state index in [0.29, 0.717) is 16.7 Å². The number of thioether (sulfide) groups is 1. The number of methoxy groups -OCH3 is 1. The molecular formula is C28H27F3N4O2S. The van der Waals surface area contributed by atoms with Gasteiger partial charge in [-0.15, -0.1) is 10.2 Å². The lowest BCUT2D eigenvalue weighted by Gasteiger charge is -2.18. The molecule has 0 fully saturated rings. The average Bonchev–Trinajstić information content (AvgIpc) is 3.31.